The summed E-state index contributed by atoms with van der Waals surface area (Å²) in [4.78, 5) is 43.4. The van der Waals surface area contributed by atoms with Gasteiger partial charge in [0.15, 0.2) is 5.78 Å². The molecule has 2 N–H and O–H groups in total. The van der Waals surface area contributed by atoms with Gasteiger partial charge in [0.2, 0.25) is 0 Å². The Balaban J connectivity index is 1.56. The van der Waals surface area contributed by atoms with Gasteiger partial charge in [-0.3, -0.25) is 14.6 Å². The van der Waals surface area contributed by atoms with Gasteiger partial charge in [0.1, 0.15) is 11.5 Å². The number of benzene rings is 2. The van der Waals surface area contributed by atoms with Crippen molar-refractivity contribution < 1.29 is 9.59 Å². The molecule has 3 aromatic heterocycles. The van der Waals surface area contributed by atoms with E-state index in [4.69, 9.17) is 0 Å². The molecule has 0 atom stereocenters. The number of aromatic nitrogens is 4. The minimum atomic E-state index is -0.240. The highest BCUT2D eigenvalue weighted by Crippen LogP contribution is 2.27. The number of carbonyl (C=O) groups is 2. The summed E-state index contributed by atoms with van der Waals surface area (Å²) in [6.07, 6.45) is 2.30. The van der Waals surface area contributed by atoms with Gasteiger partial charge in [0.25, 0.3) is 5.91 Å². The van der Waals surface area contributed by atoms with Crippen molar-refractivity contribution in [2.75, 3.05) is 14.1 Å². The molecule has 0 radical (unpaired) electrons. The number of aromatic amines is 2. The lowest BCUT2D eigenvalue weighted by molar-refractivity contribution is 0.0817. The summed E-state index contributed by atoms with van der Waals surface area (Å²) in [7, 11) is 3.35. The molecule has 0 fully saturated rings. The summed E-state index contributed by atoms with van der Waals surface area (Å²) in [6, 6.07) is 16.8. The smallest absolute Gasteiger partial charge is 0.270 e. The normalized spacial score (nSPS) is 11.2. The Bertz CT molecular complexity index is 1530. The Morgan fingerprint density at radius 2 is 1.82 bits per heavy atom. The van der Waals surface area contributed by atoms with Crippen LogP contribution in [0.3, 0.4) is 0 Å². The molecular weight excluding hydrogens is 414 g/mol. The zero-order chi connectivity index (χ0) is 23.1. The Morgan fingerprint density at radius 3 is 2.64 bits per heavy atom. The van der Waals surface area contributed by atoms with Gasteiger partial charge in [-0.15, -0.1) is 0 Å². The molecule has 0 aliphatic carbocycles. The van der Waals surface area contributed by atoms with Gasteiger partial charge in [-0.05, 0) is 30.7 Å². The lowest BCUT2D eigenvalue weighted by Gasteiger charge is -2.11. The first kappa shape index (κ1) is 20.6. The third-order valence-electron chi connectivity index (χ3n) is 5.72. The van der Waals surface area contributed by atoms with Crippen molar-refractivity contribution in [3.05, 3.63) is 94.7 Å². The van der Waals surface area contributed by atoms with Crippen molar-refractivity contribution >= 4 is 33.6 Å². The van der Waals surface area contributed by atoms with Crippen LogP contribution in [0.4, 0.5) is 0 Å². The van der Waals surface area contributed by atoms with Crippen molar-refractivity contribution in [1.82, 2.24) is 24.8 Å². The van der Waals surface area contributed by atoms with E-state index in [2.05, 4.69) is 19.9 Å². The first-order valence-electron chi connectivity index (χ1n) is 10.7. The summed E-state index contributed by atoms with van der Waals surface area (Å²) in [6.45, 7) is 1.91. The highest BCUT2D eigenvalue weighted by atomic mass is 16.2. The number of rotatable bonds is 5. The molecule has 2 aromatic carbocycles. The quantitative estimate of drug-likeness (QED) is 0.402. The van der Waals surface area contributed by atoms with E-state index in [1.165, 1.54) is 4.90 Å². The number of pyridine rings is 1. The van der Waals surface area contributed by atoms with Gasteiger partial charge in [0.05, 0.1) is 22.3 Å². The molecule has 0 aliphatic rings. The number of hydrogen-bond acceptors (Lipinski definition) is 4. The fraction of sp³-hybridized carbons (Fsp3) is 0.154. The van der Waals surface area contributed by atoms with Crippen LogP contribution in [0.1, 0.15) is 43.5 Å². The van der Waals surface area contributed by atoms with Crippen molar-refractivity contribution in [1.29, 1.82) is 0 Å². The highest BCUT2D eigenvalue weighted by Gasteiger charge is 2.25. The minimum absolute atomic E-state index is 0.192. The minimum Gasteiger partial charge on any atom is -0.350 e. The zero-order valence-corrected chi connectivity index (χ0v) is 18.6. The number of nitrogens with one attached hydrogen (secondary N) is 2. The standard InChI is InChI=1S/C26H23N5O2/c1-15-28-20-11-12-27-21(23(20)29-15)14-16-7-6-8-17(13-16)25(32)22-18-9-4-5-10-19(18)30-24(22)26(33)31(2)3/h4-13,30H,14H2,1-3H3,(H,28,29). The van der Waals surface area contributed by atoms with Crippen LogP contribution in [0.5, 0.6) is 0 Å². The van der Waals surface area contributed by atoms with Crippen LogP contribution in [-0.4, -0.2) is 50.6 Å². The second-order valence-corrected chi connectivity index (χ2v) is 8.30. The Morgan fingerprint density at radius 1 is 1.00 bits per heavy atom. The summed E-state index contributed by atoms with van der Waals surface area (Å²) in [5.74, 6) is 0.403. The fourth-order valence-corrected chi connectivity index (χ4v) is 4.17. The van der Waals surface area contributed by atoms with Gasteiger partial charge in [-0.25, -0.2) is 4.98 Å². The van der Waals surface area contributed by atoms with E-state index in [1.807, 2.05) is 55.5 Å². The average Bonchev–Trinajstić information content (AvgIpc) is 3.38. The first-order chi connectivity index (χ1) is 15.9. The highest BCUT2D eigenvalue weighted by molar-refractivity contribution is 6.22. The van der Waals surface area contributed by atoms with Gasteiger partial charge in [-0.2, -0.15) is 0 Å². The van der Waals surface area contributed by atoms with E-state index < -0.39 is 0 Å². The Labute approximate surface area is 190 Å². The molecule has 0 aliphatic heterocycles. The summed E-state index contributed by atoms with van der Waals surface area (Å²) in [5.41, 5.74) is 5.58. The number of aryl methyl sites for hydroxylation is 1. The van der Waals surface area contributed by atoms with Crippen LogP contribution < -0.4 is 0 Å². The molecule has 33 heavy (non-hydrogen) atoms. The van der Waals surface area contributed by atoms with Crippen molar-refractivity contribution in [2.45, 2.75) is 13.3 Å². The molecule has 7 heteroatoms. The molecule has 0 spiro atoms. The van der Waals surface area contributed by atoms with E-state index in [9.17, 15) is 9.59 Å². The van der Waals surface area contributed by atoms with Crippen molar-refractivity contribution in [3.63, 3.8) is 0 Å². The van der Waals surface area contributed by atoms with Gasteiger partial charge >= 0.3 is 0 Å². The van der Waals surface area contributed by atoms with Crippen LogP contribution in [0.2, 0.25) is 0 Å². The third-order valence-corrected chi connectivity index (χ3v) is 5.72. The van der Waals surface area contributed by atoms with Crippen LogP contribution in [0.25, 0.3) is 21.9 Å². The fourth-order valence-electron chi connectivity index (χ4n) is 4.17. The lowest BCUT2D eigenvalue weighted by atomic mass is 9.97. The number of carbonyl (C=O) groups excluding carboxylic acids is 2. The largest absolute Gasteiger partial charge is 0.350 e. The number of amides is 1. The van der Waals surface area contributed by atoms with E-state index in [0.717, 1.165) is 39.0 Å². The van der Waals surface area contributed by atoms with Crippen molar-refractivity contribution in [3.8, 4) is 0 Å². The topological polar surface area (TPSA) is 94.7 Å². The molecule has 1 amide bonds. The molecule has 0 bridgehead atoms. The first-order valence-corrected chi connectivity index (χ1v) is 10.7. The average molecular weight is 438 g/mol. The summed E-state index contributed by atoms with van der Waals surface area (Å²) >= 11 is 0. The number of fused-ring (bicyclic) bond motifs is 2. The molecule has 5 rings (SSSR count). The van der Waals surface area contributed by atoms with Crippen LogP contribution >= 0.6 is 0 Å². The van der Waals surface area contributed by atoms with E-state index in [-0.39, 0.29) is 11.7 Å². The second-order valence-electron chi connectivity index (χ2n) is 8.30. The molecular formula is C26H23N5O2. The third kappa shape index (κ3) is 3.67. The van der Waals surface area contributed by atoms with Gasteiger partial charge in [-0.1, -0.05) is 36.4 Å². The van der Waals surface area contributed by atoms with E-state index in [0.29, 0.717) is 23.2 Å². The lowest BCUT2D eigenvalue weighted by Crippen LogP contribution is -2.24. The Kier molecular flexibility index (Phi) is 5.01. The molecule has 0 saturated carbocycles. The number of ketones is 1. The number of nitrogens with zero attached hydrogens (tertiary/aromatic N) is 3. The van der Waals surface area contributed by atoms with Crippen LogP contribution in [0, 0.1) is 6.92 Å². The monoisotopic (exact) mass is 437 g/mol. The molecule has 7 nitrogen and oxygen atoms in total. The molecule has 3 heterocycles. The van der Waals surface area contributed by atoms with Gasteiger partial charge in [0, 0.05) is 43.2 Å². The Hall–Kier alpha value is -4.26. The number of H-pyrrole nitrogens is 2. The van der Waals surface area contributed by atoms with Crippen LogP contribution in [0.15, 0.2) is 60.8 Å². The number of para-hydroxylation sites is 1. The maximum atomic E-state index is 13.7. The molecule has 0 unspecified atom stereocenters. The molecule has 164 valence electrons. The number of hydrogen-bond donors (Lipinski definition) is 2. The summed E-state index contributed by atoms with van der Waals surface area (Å²) in [5, 5.41) is 0.734. The maximum Gasteiger partial charge on any atom is 0.270 e. The van der Waals surface area contributed by atoms with Crippen LogP contribution in [-0.2, 0) is 6.42 Å². The number of imidazole rings is 1. The SMILES string of the molecule is Cc1nc2ccnc(Cc3cccc(C(=O)c4c(C(=O)N(C)C)[nH]c5ccccc45)c3)c2[nH]1. The molecule has 5 aromatic rings. The predicted octanol–water partition coefficient (Wildman–Crippen LogP) is 4.27. The maximum absolute atomic E-state index is 13.7. The van der Waals surface area contributed by atoms with E-state index >= 15 is 0 Å². The summed E-state index contributed by atoms with van der Waals surface area (Å²) < 4.78 is 0. The predicted molar refractivity (Wildman–Crippen MR) is 128 cm³/mol. The second kappa shape index (κ2) is 8.02. The van der Waals surface area contributed by atoms with Crippen molar-refractivity contribution in [2.24, 2.45) is 0 Å². The molecule has 0 saturated heterocycles. The zero-order valence-electron chi connectivity index (χ0n) is 18.6. The van der Waals surface area contributed by atoms with Gasteiger partial charge < -0.3 is 14.9 Å². The van der Waals surface area contributed by atoms with E-state index in [1.54, 1.807) is 26.4 Å².